The van der Waals surface area contributed by atoms with Gasteiger partial charge in [-0.05, 0) is 24.6 Å². The number of rotatable bonds is 5. The van der Waals surface area contributed by atoms with Gasteiger partial charge in [-0.25, -0.2) is 4.98 Å². The van der Waals surface area contributed by atoms with E-state index in [9.17, 15) is 4.79 Å². The highest BCUT2D eigenvalue weighted by Crippen LogP contribution is 2.15. The average Bonchev–Trinajstić information content (AvgIpc) is 2.47. The molecule has 0 radical (unpaired) electrons. The molecule has 0 bridgehead atoms. The van der Waals surface area contributed by atoms with Crippen molar-refractivity contribution in [3.05, 3.63) is 64.3 Å². The molecular formula is C15H19N3O. The maximum absolute atomic E-state index is 11.7. The summed E-state index contributed by atoms with van der Waals surface area (Å²) >= 11 is 0. The van der Waals surface area contributed by atoms with Crippen LogP contribution in [0.3, 0.4) is 0 Å². The fourth-order valence-corrected chi connectivity index (χ4v) is 2.06. The minimum Gasteiger partial charge on any atom is -0.312 e. The van der Waals surface area contributed by atoms with Crippen molar-refractivity contribution in [2.45, 2.75) is 25.9 Å². The van der Waals surface area contributed by atoms with Gasteiger partial charge in [0.2, 0.25) is 0 Å². The van der Waals surface area contributed by atoms with Crippen LogP contribution in [0.15, 0.2) is 47.7 Å². The average molecular weight is 257 g/mol. The van der Waals surface area contributed by atoms with Crippen LogP contribution in [0.4, 0.5) is 0 Å². The zero-order valence-electron chi connectivity index (χ0n) is 11.3. The Bertz CT molecular complexity index is 574. The molecule has 0 aliphatic heterocycles. The molecular weight excluding hydrogens is 238 g/mol. The predicted octanol–water partition coefficient (Wildman–Crippen LogP) is 1.77. The smallest absolute Gasteiger partial charge is 0.253 e. The summed E-state index contributed by atoms with van der Waals surface area (Å²) in [5, 5.41) is 3.24. The fraction of sp³-hybridized carbons (Fsp3) is 0.333. The van der Waals surface area contributed by atoms with E-state index < -0.39 is 0 Å². The third kappa shape index (κ3) is 3.29. The summed E-state index contributed by atoms with van der Waals surface area (Å²) in [6, 6.07) is 10.1. The van der Waals surface area contributed by atoms with Crippen molar-refractivity contribution in [3.63, 3.8) is 0 Å². The number of benzene rings is 1. The standard InChI is InChI=1S/C15H19N3O/c1-3-12-4-6-13(7-5-12)14(16-2)10-18-11-17-9-8-15(18)19/h4-9,11,14,16H,3,10H2,1-2H3. The van der Waals surface area contributed by atoms with Crippen molar-refractivity contribution in [1.82, 2.24) is 14.9 Å². The number of nitrogens with zero attached hydrogens (tertiary/aromatic N) is 2. The van der Waals surface area contributed by atoms with Crippen molar-refractivity contribution in [2.24, 2.45) is 0 Å². The first kappa shape index (κ1) is 13.5. The number of likely N-dealkylation sites (N-methyl/N-ethyl adjacent to an activating group) is 1. The van der Waals surface area contributed by atoms with E-state index in [-0.39, 0.29) is 11.6 Å². The minimum absolute atomic E-state index is 0.0274. The second kappa shape index (κ2) is 6.29. The van der Waals surface area contributed by atoms with Crippen LogP contribution in [0, 0.1) is 0 Å². The van der Waals surface area contributed by atoms with Crippen molar-refractivity contribution >= 4 is 0 Å². The molecule has 0 spiro atoms. The molecule has 4 heteroatoms. The summed E-state index contributed by atoms with van der Waals surface area (Å²) in [5.74, 6) is 0. The van der Waals surface area contributed by atoms with Crippen LogP contribution in [-0.4, -0.2) is 16.6 Å². The summed E-state index contributed by atoms with van der Waals surface area (Å²) in [7, 11) is 1.90. The van der Waals surface area contributed by atoms with E-state index in [1.807, 2.05) is 7.05 Å². The Morgan fingerprint density at radius 2 is 2.00 bits per heavy atom. The molecule has 0 saturated carbocycles. The van der Waals surface area contributed by atoms with E-state index in [0.717, 1.165) is 6.42 Å². The Labute approximate surface area is 113 Å². The molecule has 0 saturated heterocycles. The lowest BCUT2D eigenvalue weighted by atomic mass is 10.0. The maximum Gasteiger partial charge on any atom is 0.253 e. The van der Waals surface area contributed by atoms with E-state index in [4.69, 9.17) is 0 Å². The zero-order chi connectivity index (χ0) is 13.7. The van der Waals surface area contributed by atoms with Gasteiger partial charge in [-0.1, -0.05) is 31.2 Å². The molecule has 100 valence electrons. The molecule has 0 aliphatic rings. The summed E-state index contributed by atoms with van der Waals surface area (Å²) < 4.78 is 1.62. The van der Waals surface area contributed by atoms with Crippen LogP contribution >= 0.6 is 0 Å². The number of hydrogen-bond acceptors (Lipinski definition) is 3. The van der Waals surface area contributed by atoms with Gasteiger partial charge in [-0.15, -0.1) is 0 Å². The molecule has 0 amide bonds. The monoisotopic (exact) mass is 257 g/mol. The highest BCUT2D eigenvalue weighted by molar-refractivity contribution is 5.25. The van der Waals surface area contributed by atoms with Gasteiger partial charge in [-0.2, -0.15) is 0 Å². The van der Waals surface area contributed by atoms with E-state index >= 15 is 0 Å². The fourth-order valence-electron chi connectivity index (χ4n) is 2.06. The van der Waals surface area contributed by atoms with Crippen molar-refractivity contribution in [2.75, 3.05) is 7.05 Å². The number of hydrogen-bond donors (Lipinski definition) is 1. The first-order chi connectivity index (χ1) is 9.24. The van der Waals surface area contributed by atoms with Crippen LogP contribution < -0.4 is 10.9 Å². The number of aryl methyl sites for hydroxylation is 1. The van der Waals surface area contributed by atoms with Gasteiger partial charge in [0.25, 0.3) is 5.56 Å². The van der Waals surface area contributed by atoms with Gasteiger partial charge in [0, 0.05) is 18.8 Å². The maximum atomic E-state index is 11.7. The summed E-state index contributed by atoms with van der Waals surface area (Å²) in [6.07, 6.45) is 4.13. The molecule has 0 fully saturated rings. The lowest BCUT2D eigenvalue weighted by Gasteiger charge is -2.18. The molecule has 2 rings (SSSR count). The van der Waals surface area contributed by atoms with Gasteiger partial charge >= 0.3 is 0 Å². The topological polar surface area (TPSA) is 46.9 Å². The normalized spacial score (nSPS) is 12.3. The van der Waals surface area contributed by atoms with Gasteiger partial charge in [-0.3, -0.25) is 9.36 Å². The van der Waals surface area contributed by atoms with Crippen LogP contribution in [0.1, 0.15) is 24.1 Å². The first-order valence-electron chi connectivity index (χ1n) is 6.51. The Hall–Kier alpha value is -1.94. The van der Waals surface area contributed by atoms with Crippen LogP contribution in [0.25, 0.3) is 0 Å². The van der Waals surface area contributed by atoms with Crippen LogP contribution in [0.2, 0.25) is 0 Å². The molecule has 1 unspecified atom stereocenters. The van der Waals surface area contributed by atoms with Crippen LogP contribution in [-0.2, 0) is 13.0 Å². The predicted molar refractivity (Wildman–Crippen MR) is 76.1 cm³/mol. The van der Waals surface area contributed by atoms with Crippen LogP contribution in [0.5, 0.6) is 0 Å². The molecule has 1 aromatic heterocycles. The molecule has 1 N–H and O–H groups in total. The number of aromatic nitrogens is 2. The molecule has 4 nitrogen and oxygen atoms in total. The largest absolute Gasteiger partial charge is 0.312 e. The Morgan fingerprint density at radius 1 is 1.26 bits per heavy atom. The van der Waals surface area contributed by atoms with E-state index in [1.54, 1.807) is 10.9 Å². The van der Waals surface area contributed by atoms with Gasteiger partial charge in [0.1, 0.15) is 0 Å². The molecule has 1 aromatic carbocycles. The summed E-state index contributed by atoms with van der Waals surface area (Å²) in [4.78, 5) is 15.7. The molecule has 2 aromatic rings. The van der Waals surface area contributed by atoms with E-state index in [1.165, 1.54) is 23.4 Å². The van der Waals surface area contributed by atoms with Gasteiger partial charge in [0.15, 0.2) is 0 Å². The molecule has 1 atom stereocenters. The summed E-state index contributed by atoms with van der Waals surface area (Å²) in [5.41, 5.74) is 2.47. The third-order valence-electron chi connectivity index (χ3n) is 3.31. The minimum atomic E-state index is -0.0274. The zero-order valence-corrected chi connectivity index (χ0v) is 11.3. The van der Waals surface area contributed by atoms with Crippen molar-refractivity contribution in [3.8, 4) is 0 Å². The lowest BCUT2D eigenvalue weighted by molar-refractivity contribution is 0.486. The van der Waals surface area contributed by atoms with E-state index in [2.05, 4.69) is 41.5 Å². The second-order valence-electron chi connectivity index (χ2n) is 4.51. The summed E-state index contributed by atoms with van der Waals surface area (Å²) in [6.45, 7) is 2.72. The molecule has 1 heterocycles. The van der Waals surface area contributed by atoms with Gasteiger partial charge in [0.05, 0.1) is 12.4 Å². The molecule has 0 aliphatic carbocycles. The first-order valence-corrected chi connectivity index (χ1v) is 6.51. The Balaban J connectivity index is 2.20. The van der Waals surface area contributed by atoms with Gasteiger partial charge < -0.3 is 5.32 Å². The lowest BCUT2D eigenvalue weighted by Crippen LogP contribution is -2.28. The Kier molecular flexibility index (Phi) is 4.47. The SMILES string of the molecule is CCc1ccc(C(Cn2cnccc2=O)NC)cc1. The second-order valence-corrected chi connectivity index (χ2v) is 4.51. The van der Waals surface area contributed by atoms with E-state index in [0.29, 0.717) is 6.54 Å². The highest BCUT2D eigenvalue weighted by Gasteiger charge is 2.10. The van der Waals surface area contributed by atoms with Crippen molar-refractivity contribution < 1.29 is 0 Å². The third-order valence-corrected chi connectivity index (χ3v) is 3.31. The van der Waals surface area contributed by atoms with Crippen molar-refractivity contribution in [1.29, 1.82) is 0 Å². The quantitative estimate of drug-likeness (QED) is 0.888. The molecule has 19 heavy (non-hydrogen) atoms. The highest BCUT2D eigenvalue weighted by atomic mass is 16.1. The number of nitrogens with one attached hydrogen (secondary N) is 1. The Morgan fingerprint density at radius 3 is 2.58 bits per heavy atom.